The molecule has 1 amide bonds. The fourth-order valence-corrected chi connectivity index (χ4v) is 3.54. The summed E-state index contributed by atoms with van der Waals surface area (Å²) in [6.07, 6.45) is 5.89. The third-order valence-electron chi connectivity index (χ3n) is 5.25. The van der Waals surface area contributed by atoms with E-state index in [1.807, 2.05) is 60.4 Å². The number of benzene rings is 2. The van der Waals surface area contributed by atoms with E-state index in [1.54, 1.807) is 0 Å². The lowest BCUT2D eigenvalue weighted by Gasteiger charge is -2.24. The molecule has 5 nitrogen and oxygen atoms in total. The Morgan fingerprint density at radius 2 is 1.29 bits per heavy atom. The molecular weight excluding hydrogens is 350 g/mol. The van der Waals surface area contributed by atoms with Crippen molar-refractivity contribution in [2.24, 2.45) is 0 Å². The van der Waals surface area contributed by atoms with Gasteiger partial charge in [0.2, 0.25) is 11.8 Å². The van der Waals surface area contributed by atoms with Crippen molar-refractivity contribution in [2.75, 3.05) is 13.1 Å². The normalized spacial score (nSPS) is 15.1. The fraction of sp³-hybridized carbons (Fsp3) is 0.348. The van der Waals surface area contributed by atoms with E-state index in [1.165, 1.54) is 24.8 Å². The second kappa shape index (κ2) is 8.38. The number of hydrogen-bond acceptors (Lipinski definition) is 4. The number of carbonyl (C=O) groups is 1. The highest BCUT2D eigenvalue weighted by atomic mass is 16.4. The van der Waals surface area contributed by atoms with Gasteiger partial charge in [-0.1, -0.05) is 37.0 Å². The van der Waals surface area contributed by atoms with E-state index < -0.39 is 0 Å². The number of amides is 1. The molecule has 1 aliphatic heterocycles. The lowest BCUT2D eigenvalue weighted by Crippen LogP contribution is -2.33. The predicted octanol–water partition coefficient (Wildman–Crippen LogP) is 5.12. The highest BCUT2D eigenvalue weighted by Gasteiger charge is 2.17. The van der Waals surface area contributed by atoms with E-state index in [0.29, 0.717) is 17.3 Å². The van der Waals surface area contributed by atoms with Gasteiger partial charge < -0.3 is 9.32 Å². The average molecular weight is 375 g/mol. The molecule has 2 heterocycles. The summed E-state index contributed by atoms with van der Waals surface area (Å²) < 4.78 is 5.83. The van der Waals surface area contributed by atoms with Crippen molar-refractivity contribution in [1.29, 1.82) is 0 Å². The van der Waals surface area contributed by atoms with Gasteiger partial charge in [0.25, 0.3) is 5.91 Å². The van der Waals surface area contributed by atoms with Crippen LogP contribution in [0.15, 0.2) is 52.9 Å². The third-order valence-corrected chi connectivity index (χ3v) is 5.25. The van der Waals surface area contributed by atoms with Gasteiger partial charge in [0.15, 0.2) is 0 Å². The molecule has 0 N–H and O–H groups in total. The summed E-state index contributed by atoms with van der Waals surface area (Å²) in [6, 6.07) is 15.4. The molecule has 0 spiro atoms. The SMILES string of the molecule is Cc1ccc(-c2nnc(-c3ccc(C(=O)N4CCCCCCC4)cc3)o2)cc1. The quantitative estimate of drug-likeness (QED) is 0.638. The minimum absolute atomic E-state index is 0.110. The first kappa shape index (κ1) is 18.4. The van der Waals surface area contributed by atoms with Gasteiger partial charge in [0, 0.05) is 29.8 Å². The predicted molar refractivity (Wildman–Crippen MR) is 109 cm³/mol. The number of rotatable bonds is 3. The summed E-state index contributed by atoms with van der Waals surface area (Å²) in [7, 11) is 0. The Bertz CT molecular complexity index is 921. The van der Waals surface area contributed by atoms with Crippen LogP contribution in [0.5, 0.6) is 0 Å². The summed E-state index contributed by atoms with van der Waals surface area (Å²) in [5.74, 6) is 1.07. The number of nitrogens with zero attached hydrogens (tertiary/aromatic N) is 3. The summed E-state index contributed by atoms with van der Waals surface area (Å²) in [5, 5.41) is 8.31. The van der Waals surface area contributed by atoms with Gasteiger partial charge in [-0.25, -0.2) is 0 Å². The highest BCUT2D eigenvalue weighted by Crippen LogP contribution is 2.25. The van der Waals surface area contributed by atoms with E-state index in [2.05, 4.69) is 10.2 Å². The molecule has 0 bridgehead atoms. The van der Waals surface area contributed by atoms with Crippen molar-refractivity contribution in [3.05, 3.63) is 59.7 Å². The fourth-order valence-electron chi connectivity index (χ4n) is 3.54. The molecule has 1 aliphatic rings. The number of carbonyl (C=O) groups excluding carboxylic acids is 1. The summed E-state index contributed by atoms with van der Waals surface area (Å²) in [5.41, 5.74) is 3.61. The second-order valence-electron chi connectivity index (χ2n) is 7.42. The Morgan fingerprint density at radius 3 is 1.86 bits per heavy atom. The van der Waals surface area contributed by atoms with Crippen molar-refractivity contribution < 1.29 is 9.21 Å². The maximum atomic E-state index is 12.8. The van der Waals surface area contributed by atoms with Crippen LogP contribution in [0, 0.1) is 6.92 Å². The van der Waals surface area contributed by atoms with Crippen LogP contribution in [0.2, 0.25) is 0 Å². The number of aryl methyl sites for hydroxylation is 1. The average Bonchev–Trinajstić information content (AvgIpc) is 3.18. The molecule has 0 unspecified atom stereocenters. The molecule has 0 aliphatic carbocycles. The summed E-state index contributed by atoms with van der Waals surface area (Å²) in [4.78, 5) is 14.8. The van der Waals surface area contributed by atoms with E-state index in [0.717, 1.165) is 37.1 Å². The maximum Gasteiger partial charge on any atom is 0.253 e. The van der Waals surface area contributed by atoms with Gasteiger partial charge in [0.05, 0.1) is 0 Å². The van der Waals surface area contributed by atoms with Crippen LogP contribution >= 0.6 is 0 Å². The minimum atomic E-state index is 0.110. The van der Waals surface area contributed by atoms with Crippen LogP contribution in [-0.2, 0) is 0 Å². The minimum Gasteiger partial charge on any atom is -0.416 e. The molecule has 0 saturated carbocycles. The lowest BCUT2D eigenvalue weighted by molar-refractivity contribution is 0.0742. The van der Waals surface area contributed by atoms with Crippen molar-refractivity contribution in [1.82, 2.24) is 15.1 Å². The summed E-state index contributed by atoms with van der Waals surface area (Å²) in [6.45, 7) is 3.74. The Morgan fingerprint density at radius 1 is 0.786 bits per heavy atom. The van der Waals surface area contributed by atoms with Crippen LogP contribution in [0.4, 0.5) is 0 Å². The molecule has 2 aromatic carbocycles. The molecule has 4 rings (SSSR count). The first-order valence-corrected chi connectivity index (χ1v) is 10.0. The van der Waals surface area contributed by atoms with Crippen LogP contribution in [0.1, 0.15) is 48.0 Å². The molecule has 1 aromatic heterocycles. The third kappa shape index (κ3) is 4.14. The number of aromatic nitrogens is 2. The summed E-state index contributed by atoms with van der Waals surface area (Å²) >= 11 is 0. The number of likely N-dealkylation sites (tertiary alicyclic amines) is 1. The molecule has 28 heavy (non-hydrogen) atoms. The first-order chi connectivity index (χ1) is 13.7. The smallest absolute Gasteiger partial charge is 0.253 e. The van der Waals surface area contributed by atoms with E-state index in [9.17, 15) is 4.79 Å². The molecule has 3 aromatic rings. The molecule has 0 radical (unpaired) electrons. The van der Waals surface area contributed by atoms with Gasteiger partial charge in [-0.15, -0.1) is 10.2 Å². The zero-order valence-electron chi connectivity index (χ0n) is 16.2. The highest BCUT2D eigenvalue weighted by molar-refractivity contribution is 5.94. The molecule has 5 heteroatoms. The Kier molecular flexibility index (Phi) is 5.51. The van der Waals surface area contributed by atoms with Crippen molar-refractivity contribution in [3.8, 4) is 22.9 Å². The van der Waals surface area contributed by atoms with Crippen LogP contribution < -0.4 is 0 Å². The van der Waals surface area contributed by atoms with Crippen LogP contribution in [0.3, 0.4) is 0 Å². The molecule has 1 saturated heterocycles. The first-order valence-electron chi connectivity index (χ1n) is 10.0. The largest absolute Gasteiger partial charge is 0.416 e. The second-order valence-corrected chi connectivity index (χ2v) is 7.42. The zero-order valence-corrected chi connectivity index (χ0v) is 16.2. The monoisotopic (exact) mass is 375 g/mol. The topological polar surface area (TPSA) is 59.2 Å². The Balaban J connectivity index is 1.48. The van der Waals surface area contributed by atoms with Crippen LogP contribution in [0.25, 0.3) is 22.9 Å². The van der Waals surface area contributed by atoms with Gasteiger partial charge >= 0.3 is 0 Å². The zero-order chi connectivity index (χ0) is 19.3. The van der Waals surface area contributed by atoms with Gasteiger partial charge in [-0.2, -0.15) is 0 Å². The molecule has 0 atom stereocenters. The van der Waals surface area contributed by atoms with Gasteiger partial charge in [-0.3, -0.25) is 4.79 Å². The van der Waals surface area contributed by atoms with E-state index in [-0.39, 0.29) is 5.91 Å². The van der Waals surface area contributed by atoms with Gasteiger partial charge in [-0.05, 0) is 56.2 Å². The Hall–Kier alpha value is -2.95. The number of hydrogen-bond donors (Lipinski definition) is 0. The molecule has 144 valence electrons. The van der Waals surface area contributed by atoms with Crippen molar-refractivity contribution in [3.63, 3.8) is 0 Å². The Labute approximate surface area is 165 Å². The van der Waals surface area contributed by atoms with Crippen molar-refractivity contribution >= 4 is 5.91 Å². The van der Waals surface area contributed by atoms with Gasteiger partial charge in [0.1, 0.15) is 0 Å². The standard InChI is InChI=1S/C23H25N3O2/c1-17-7-9-18(10-8-17)21-24-25-22(28-21)19-11-13-20(14-12-19)23(27)26-15-5-3-2-4-6-16-26/h7-14H,2-6,15-16H2,1H3. The van der Waals surface area contributed by atoms with Crippen molar-refractivity contribution in [2.45, 2.75) is 39.0 Å². The van der Waals surface area contributed by atoms with E-state index >= 15 is 0 Å². The lowest BCUT2D eigenvalue weighted by atomic mass is 10.1. The van der Waals surface area contributed by atoms with Crippen LogP contribution in [-0.4, -0.2) is 34.1 Å². The molecular formula is C23H25N3O2. The van der Waals surface area contributed by atoms with E-state index in [4.69, 9.17) is 4.42 Å². The molecule has 1 fully saturated rings. The maximum absolute atomic E-state index is 12.8.